The average Bonchev–Trinajstić information content (AvgIpc) is 3.43. The fourth-order valence-corrected chi connectivity index (χ4v) is 6.39. The lowest BCUT2D eigenvalue weighted by molar-refractivity contribution is -0.128. The fourth-order valence-electron chi connectivity index (χ4n) is 6.39. The Morgan fingerprint density at radius 1 is 1.15 bits per heavy atom. The topological polar surface area (TPSA) is 94.8 Å². The highest BCUT2D eigenvalue weighted by atomic mass is 16.5. The molecule has 0 radical (unpaired) electrons. The van der Waals surface area contributed by atoms with Gasteiger partial charge in [-0.05, 0) is 56.1 Å². The molecule has 0 aliphatic carbocycles. The van der Waals surface area contributed by atoms with Crippen LogP contribution < -0.4 is 14.4 Å². The molecule has 1 amide bonds. The van der Waals surface area contributed by atoms with E-state index in [1.165, 1.54) is 16.8 Å². The predicted molar refractivity (Wildman–Crippen MR) is 157 cm³/mol. The maximum Gasteiger partial charge on any atom is 0.321 e. The van der Waals surface area contributed by atoms with Gasteiger partial charge in [-0.15, -0.1) is 0 Å². The van der Waals surface area contributed by atoms with Crippen LogP contribution >= 0.6 is 0 Å². The molecule has 4 heterocycles. The highest BCUT2D eigenvalue weighted by Crippen LogP contribution is 2.41. The number of piperazine rings is 1. The predicted octanol–water partition coefficient (Wildman–Crippen LogP) is 4.29. The number of hydrogen-bond acceptors (Lipinski definition) is 8. The number of rotatable bonds is 7. The Balaban J connectivity index is 1.33. The van der Waals surface area contributed by atoms with Crippen molar-refractivity contribution in [2.24, 2.45) is 0 Å². The van der Waals surface area contributed by atoms with Gasteiger partial charge in [-0.3, -0.25) is 4.79 Å². The van der Waals surface area contributed by atoms with Crippen molar-refractivity contribution < 1.29 is 14.3 Å². The Bertz CT molecular complexity index is 1480. The second-order valence-corrected chi connectivity index (χ2v) is 11.1. The van der Waals surface area contributed by atoms with Crippen LogP contribution in [0.2, 0.25) is 0 Å². The molecule has 3 aliphatic heterocycles. The molecule has 0 saturated carbocycles. The van der Waals surface area contributed by atoms with Crippen LogP contribution in [0.25, 0.3) is 10.8 Å². The first-order valence-corrected chi connectivity index (χ1v) is 14.5. The molecule has 2 saturated heterocycles. The Morgan fingerprint density at radius 2 is 2.00 bits per heavy atom. The van der Waals surface area contributed by atoms with Crippen LogP contribution in [0.15, 0.2) is 55.1 Å². The zero-order valence-corrected chi connectivity index (χ0v) is 23.5. The van der Waals surface area contributed by atoms with Gasteiger partial charge >= 0.3 is 6.01 Å². The molecule has 9 nitrogen and oxygen atoms in total. The Kier molecular flexibility index (Phi) is 7.75. The number of benzene rings is 2. The minimum Gasteiger partial charge on any atom is -0.469 e. The molecule has 212 valence electrons. The molecule has 2 aromatic carbocycles. The van der Waals surface area contributed by atoms with Gasteiger partial charge in [0, 0.05) is 31.2 Å². The van der Waals surface area contributed by atoms with Crippen molar-refractivity contribution in [3.05, 3.63) is 66.2 Å². The van der Waals surface area contributed by atoms with E-state index >= 15 is 0 Å². The molecule has 0 spiro atoms. The van der Waals surface area contributed by atoms with Gasteiger partial charge in [0.2, 0.25) is 11.8 Å². The number of ether oxygens (including phenoxy) is 2. The fraction of sp³-hybridized carbons (Fsp3) is 0.438. The summed E-state index contributed by atoms with van der Waals surface area (Å²) in [6, 6.07) is 17.3. The van der Waals surface area contributed by atoms with Gasteiger partial charge in [0.15, 0.2) is 0 Å². The summed E-state index contributed by atoms with van der Waals surface area (Å²) in [6.45, 7) is 6.78. The van der Waals surface area contributed by atoms with Crippen LogP contribution in [0, 0.1) is 11.3 Å². The summed E-state index contributed by atoms with van der Waals surface area (Å²) in [4.78, 5) is 28.4. The normalized spacial score (nSPS) is 22.6. The first kappa shape index (κ1) is 27.0. The van der Waals surface area contributed by atoms with Crippen LogP contribution in [0.1, 0.15) is 42.9 Å². The monoisotopic (exact) mass is 552 g/mol. The molecule has 41 heavy (non-hydrogen) atoms. The standard InChI is InChI=1S/C32H36N6O3/c1-3-29(39)38-19-18-37(20-23(38)15-16-33)30-27-13-14-28(26-12-6-9-22-8-4-5-11-25(22)26)41-31(27)35-32(34-30)40-21-24-10-7-17-36(24)2/h3-6,8-9,11-12,23-24,28H,1,7,10,13-15,17-21H2,2H3/t23-,24-,28?/m0/s1. The van der Waals surface area contributed by atoms with Crippen molar-refractivity contribution in [3.8, 4) is 18.0 Å². The van der Waals surface area contributed by atoms with Gasteiger partial charge in [0.25, 0.3) is 0 Å². The Labute approximate surface area is 241 Å². The Hall–Kier alpha value is -4.16. The molecule has 1 aromatic heterocycles. The molecular formula is C32H36N6O3. The summed E-state index contributed by atoms with van der Waals surface area (Å²) in [5, 5.41) is 11.9. The van der Waals surface area contributed by atoms with Crippen molar-refractivity contribution in [3.63, 3.8) is 0 Å². The van der Waals surface area contributed by atoms with Crippen molar-refractivity contribution in [2.45, 2.75) is 50.3 Å². The van der Waals surface area contributed by atoms with Gasteiger partial charge in [-0.2, -0.15) is 15.2 Å². The highest BCUT2D eigenvalue weighted by Gasteiger charge is 2.35. The number of hydrogen-bond donors (Lipinski definition) is 0. The first-order valence-electron chi connectivity index (χ1n) is 14.5. The quantitative estimate of drug-likeness (QED) is 0.401. The van der Waals surface area contributed by atoms with E-state index in [1.54, 1.807) is 4.90 Å². The molecule has 6 rings (SSSR count). The summed E-state index contributed by atoms with van der Waals surface area (Å²) in [7, 11) is 2.12. The molecule has 1 unspecified atom stereocenters. The van der Waals surface area contributed by atoms with E-state index in [4.69, 9.17) is 19.4 Å². The average molecular weight is 553 g/mol. The number of aromatic nitrogens is 2. The lowest BCUT2D eigenvalue weighted by atomic mass is 9.94. The SMILES string of the molecule is C=CC(=O)N1CCN(c2nc(OC[C@@H]3CCCN3C)nc3c2CCC(c2cccc4ccccc24)O3)C[C@@H]1CC#N. The summed E-state index contributed by atoms with van der Waals surface area (Å²) < 4.78 is 12.9. The number of carbonyl (C=O) groups is 1. The number of likely N-dealkylation sites (N-methyl/N-ethyl adjacent to an activating group) is 1. The van der Waals surface area contributed by atoms with Crippen LogP contribution in [0.5, 0.6) is 11.9 Å². The number of carbonyl (C=O) groups excluding carboxylic acids is 1. The smallest absolute Gasteiger partial charge is 0.321 e. The van der Waals surface area contributed by atoms with Crippen LogP contribution in [-0.4, -0.2) is 77.6 Å². The third-order valence-corrected chi connectivity index (χ3v) is 8.65. The van der Waals surface area contributed by atoms with E-state index < -0.39 is 0 Å². The number of nitriles is 1. The third kappa shape index (κ3) is 5.44. The Morgan fingerprint density at radius 3 is 2.80 bits per heavy atom. The van der Waals surface area contributed by atoms with Gasteiger partial charge in [0.1, 0.15) is 18.5 Å². The third-order valence-electron chi connectivity index (χ3n) is 8.65. The second kappa shape index (κ2) is 11.8. The zero-order valence-electron chi connectivity index (χ0n) is 23.5. The minimum absolute atomic E-state index is 0.140. The lowest BCUT2D eigenvalue weighted by Gasteiger charge is -2.41. The first-order chi connectivity index (χ1) is 20.1. The molecular weight excluding hydrogens is 516 g/mol. The van der Waals surface area contributed by atoms with Crippen molar-refractivity contribution in [1.29, 1.82) is 5.26 Å². The van der Waals surface area contributed by atoms with Crippen molar-refractivity contribution in [2.75, 3.05) is 44.7 Å². The molecule has 0 bridgehead atoms. The maximum absolute atomic E-state index is 12.5. The highest BCUT2D eigenvalue weighted by molar-refractivity contribution is 5.87. The summed E-state index contributed by atoms with van der Waals surface area (Å²) in [5.41, 5.74) is 2.10. The molecule has 3 atom stereocenters. The van der Waals surface area contributed by atoms with Crippen LogP contribution in [0.3, 0.4) is 0 Å². The van der Waals surface area contributed by atoms with E-state index in [-0.39, 0.29) is 24.5 Å². The second-order valence-electron chi connectivity index (χ2n) is 11.1. The van der Waals surface area contributed by atoms with Crippen molar-refractivity contribution in [1.82, 2.24) is 19.8 Å². The van der Waals surface area contributed by atoms with Crippen LogP contribution in [0.4, 0.5) is 5.82 Å². The van der Waals surface area contributed by atoms with Gasteiger partial charge in [0.05, 0.1) is 24.1 Å². The lowest BCUT2D eigenvalue weighted by Crippen LogP contribution is -2.55. The van der Waals surface area contributed by atoms with E-state index in [1.807, 2.05) is 0 Å². The van der Waals surface area contributed by atoms with Gasteiger partial charge in [-0.1, -0.05) is 49.0 Å². The molecule has 3 aromatic rings. The maximum atomic E-state index is 12.5. The number of likely N-dealkylation sites (tertiary alicyclic amines) is 1. The minimum atomic E-state index is -0.255. The number of anilines is 1. The van der Waals surface area contributed by atoms with E-state index in [0.717, 1.165) is 49.2 Å². The van der Waals surface area contributed by atoms with E-state index in [9.17, 15) is 10.1 Å². The molecule has 2 fully saturated rings. The van der Waals surface area contributed by atoms with Crippen LogP contribution in [-0.2, 0) is 11.2 Å². The number of amides is 1. The van der Waals surface area contributed by atoms with E-state index in [2.05, 4.69) is 72.0 Å². The largest absolute Gasteiger partial charge is 0.469 e. The zero-order chi connectivity index (χ0) is 28.3. The van der Waals surface area contributed by atoms with Gasteiger partial charge in [-0.25, -0.2) is 0 Å². The number of nitrogens with zero attached hydrogens (tertiary/aromatic N) is 6. The molecule has 0 N–H and O–H groups in total. The summed E-state index contributed by atoms with van der Waals surface area (Å²) in [5.74, 6) is 1.17. The summed E-state index contributed by atoms with van der Waals surface area (Å²) in [6.07, 6.45) is 5.20. The van der Waals surface area contributed by atoms with E-state index in [0.29, 0.717) is 44.2 Å². The molecule has 3 aliphatic rings. The molecule has 9 heteroatoms. The van der Waals surface area contributed by atoms with Crippen molar-refractivity contribution >= 4 is 22.5 Å². The number of fused-ring (bicyclic) bond motifs is 2. The summed E-state index contributed by atoms with van der Waals surface area (Å²) >= 11 is 0. The van der Waals surface area contributed by atoms with Gasteiger partial charge < -0.3 is 24.2 Å².